The molecular formula is C32H29F3N8O3S. The van der Waals surface area contributed by atoms with E-state index in [1.807, 2.05) is 28.8 Å². The normalized spacial score (nSPS) is 13.9. The third-order valence-corrected chi connectivity index (χ3v) is 9.61. The van der Waals surface area contributed by atoms with Crippen LogP contribution in [0.4, 0.5) is 13.2 Å². The van der Waals surface area contributed by atoms with Gasteiger partial charge in [-0.05, 0) is 37.1 Å². The Bertz CT molecular complexity index is 2260. The van der Waals surface area contributed by atoms with Crippen molar-refractivity contribution in [1.29, 1.82) is 0 Å². The smallest absolute Gasteiger partial charge is 0.434 e. The molecule has 0 unspecified atom stereocenters. The molecule has 0 bridgehead atoms. The van der Waals surface area contributed by atoms with Gasteiger partial charge in [-0.2, -0.15) is 13.2 Å². The summed E-state index contributed by atoms with van der Waals surface area (Å²) in [5.41, 5.74) is 3.82. The summed E-state index contributed by atoms with van der Waals surface area (Å²) in [4.78, 5) is 22.4. The van der Waals surface area contributed by atoms with Crippen LogP contribution in [-0.4, -0.2) is 56.6 Å². The van der Waals surface area contributed by atoms with Crippen molar-refractivity contribution >= 4 is 32.0 Å². The van der Waals surface area contributed by atoms with Gasteiger partial charge in [-0.25, -0.2) is 38.1 Å². The van der Waals surface area contributed by atoms with E-state index in [-0.39, 0.29) is 17.5 Å². The fourth-order valence-electron chi connectivity index (χ4n) is 5.80. The highest BCUT2D eigenvalue weighted by molar-refractivity contribution is 7.88. The predicted octanol–water partition coefficient (Wildman–Crippen LogP) is 5.44. The number of aryl methyl sites for hydroxylation is 1. The summed E-state index contributed by atoms with van der Waals surface area (Å²) in [6.45, 7) is 0.325. The second kappa shape index (κ2) is 11.4. The van der Waals surface area contributed by atoms with Crippen LogP contribution in [0.3, 0.4) is 0 Å². The standard InChI is InChI=1S/C32H29F3N8O3S/c1-36-47(44,45)16-19-6-11-22-23-13-37-28(26-27(20-9-10-20)38-17-39-31(26)46-3)41-30(23)43(24(22)12-19)14-18-4-7-21(8-5-18)29-40-25(15-42(29)2)32(33,34)35/h4-8,11-13,15,17,20,36H,9-10,14,16H2,1-3H3. The number of alkyl halides is 3. The zero-order valence-electron chi connectivity index (χ0n) is 25.6. The quantitative estimate of drug-likeness (QED) is 0.217. The lowest BCUT2D eigenvalue weighted by molar-refractivity contribution is -0.140. The van der Waals surface area contributed by atoms with Crippen LogP contribution in [0.2, 0.25) is 0 Å². The van der Waals surface area contributed by atoms with Crippen molar-refractivity contribution in [3.63, 3.8) is 0 Å². The fourth-order valence-corrected chi connectivity index (χ4v) is 6.56. The van der Waals surface area contributed by atoms with Crippen molar-refractivity contribution in [2.45, 2.75) is 37.2 Å². The first kappa shape index (κ1) is 30.7. The Balaban J connectivity index is 1.36. The molecule has 7 rings (SSSR count). The minimum atomic E-state index is -4.55. The number of rotatable bonds is 9. The number of methoxy groups -OCH3 is 1. The topological polar surface area (TPSA) is 130 Å². The molecule has 242 valence electrons. The number of fused-ring (bicyclic) bond motifs is 3. The van der Waals surface area contributed by atoms with Gasteiger partial charge in [-0.15, -0.1) is 0 Å². The van der Waals surface area contributed by atoms with E-state index in [1.54, 1.807) is 24.4 Å². The Morgan fingerprint density at radius 3 is 2.40 bits per heavy atom. The monoisotopic (exact) mass is 662 g/mol. The minimum absolute atomic E-state index is 0.194. The highest BCUT2D eigenvalue weighted by atomic mass is 32.2. The third-order valence-electron chi connectivity index (χ3n) is 8.28. The molecule has 0 spiro atoms. The van der Waals surface area contributed by atoms with Gasteiger partial charge < -0.3 is 13.9 Å². The van der Waals surface area contributed by atoms with Crippen molar-refractivity contribution in [3.05, 3.63) is 83.7 Å². The Hall–Kier alpha value is -4.89. The molecule has 0 saturated heterocycles. The van der Waals surface area contributed by atoms with E-state index in [2.05, 4.69) is 19.7 Å². The lowest BCUT2D eigenvalue weighted by Gasteiger charge is -2.12. The number of hydrogen-bond donors (Lipinski definition) is 1. The molecule has 1 aliphatic rings. The molecule has 0 atom stereocenters. The van der Waals surface area contributed by atoms with Gasteiger partial charge >= 0.3 is 6.18 Å². The first-order valence-corrected chi connectivity index (χ1v) is 16.4. The van der Waals surface area contributed by atoms with E-state index in [4.69, 9.17) is 14.7 Å². The third kappa shape index (κ3) is 5.80. The molecule has 4 aromatic heterocycles. The fraction of sp³-hybridized carbons (Fsp3) is 0.281. The van der Waals surface area contributed by atoms with Crippen LogP contribution in [0.5, 0.6) is 5.88 Å². The number of nitrogens with one attached hydrogen (secondary N) is 1. The van der Waals surface area contributed by atoms with Crippen LogP contribution in [0.1, 0.15) is 41.3 Å². The van der Waals surface area contributed by atoms with E-state index >= 15 is 0 Å². The van der Waals surface area contributed by atoms with E-state index in [0.29, 0.717) is 40.6 Å². The largest absolute Gasteiger partial charge is 0.480 e. The summed E-state index contributed by atoms with van der Waals surface area (Å²) in [6, 6.07) is 12.6. The van der Waals surface area contributed by atoms with Crippen LogP contribution >= 0.6 is 0 Å². The van der Waals surface area contributed by atoms with Gasteiger partial charge in [0.15, 0.2) is 11.5 Å². The number of benzene rings is 2. The maximum Gasteiger partial charge on any atom is 0.434 e. The Morgan fingerprint density at radius 2 is 1.74 bits per heavy atom. The molecule has 2 aromatic carbocycles. The molecule has 1 saturated carbocycles. The molecule has 1 fully saturated rings. The summed E-state index contributed by atoms with van der Waals surface area (Å²) >= 11 is 0. The summed E-state index contributed by atoms with van der Waals surface area (Å²) in [7, 11) is 0.898. The maximum absolute atomic E-state index is 13.3. The van der Waals surface area contributed by atoms with Crippen LogP contribution in [-0.2, 0) is 35.5 Å². The van der Waals surface area contributed by atoms with Crippen molar-refractivity contribution in [3.8, 4) is 28.7 Å². The van der Waals surface area contributed by atoms with Gasteiger partial charge in [0.25, 0.3) is 0 Å². The van der Waals surface area contributed by atoms with E-state index < -0.39 is 21.9 Å². The molecular weight excluding hydrogens is 633 g/mol. The summed E-state index contributed by atoms with van der Waals surface area (Å²) < 4.78 is 75.9. The van der Waals surface area contributed by atoms with Gasteiger partial charge in [0.2, 0.25) is 15.9 Å². The lowest BCUT2D eigenvalue weighted by Crippen LogP contribution is -2.20. The molecule has 6 aromatic rings. The number of nitrogens with zero attached hydrogens (tertiary/aromatic N) is 7. The molecule has 0 aliphatic heterocycles. The summed E-state index contributed by atoms with van der Waals surface area (Å²) in [5, 5.41) is 1.60. The van der Waals surface area contributed by atoms with Gasteiger partial charge in [0.05, 0.1) is 24.1 Å². The predicted molar refractivity (Wildman–Crippen MR) is 169 cm³/mol. The molecule has 47 heavy (non-hydrogen) atoms. The molecule has 15 heteroatoms. The zero-order chi connectivity index (χ0) is 33.1. The van der Waals surface area contributed by atoms with Crippen LogP contribution < -0.4 is 9.46 Å². The van der Waals surface area contributed by atoms with E-state index in [9.17, 15) is 21.6 Å². The highest BCUT2D eigenvalue weighted by Crippen LogP contribution is 2.45. The molecule has 0 amide bonds. The van der Waals surface area contributed by atoms with E-state index in [1.165, 1.54) is 32.1 Å². The van der Waals surface area contributed by atoms with Crippen molar-refractivity contribution in [2.24, 2.45) is 7.05 Å². The Morgan fingerprint density at radius 1 is 1.00 bits per heavy atom. The zero-order valence-corrected chi connectivity index (χ0v) is 26.4. The van der Waals surface area contributed by atoms with Crippen molar-refractivity contribution < 1.29 is 26.3 Å². The van der Waals surface area contributed by atoms with Crippen LogP contribution in [0.15, 0.2) is 61.2 Å². The average molecular weight is 663 g/mol. The summed E-state index contributed by atoms with van der Waals surface area (Å²) in [5.74, 6) is 1.04. The average Bonchev–Trinajstić information content (AvgIpc) is 3.76. The van der Waals surface area contributed by atoms with Gasteiger partial charge in [0, 0.05) is 48.2 Å². The second-order valence-corrected chi connectivity index (χ2v) is 13.4. The second-order valence-electron chi connectivity index (χ2n) is 11.5. The molecule has 0 radical (unpaired) electrons. The molecule has 4 heterocycles. The minimum Gasteiger partial charge on any atom is -0.480 e. The first-order chi connectivity index (χ1) is 22.5. The number of halogens is 3. The van der Waals surface area contributed by atoms with Crippen LogP contribution in [0, 0.1) is 0 Å². The number of hydrogen-bond acceptors (Lipinski definition) is 8. The summed E-state index contributed by atoms with van der Waals surface area (Å²) in [6.07, 6.45) is 1.64. The number of ether oxygens (including phenoxy) is 1. The van der Waals surface area contributed by atoms with E-state index in [0.717, 1.165) is 46.6 Å². The van der Waals surface area contributed by atoms with Gasteiger partial charge in [0.1, 0.15) is 23.4 Å². The number of sulfonamides is 1. The maximum atomic E-state index is 13.3. The van der Waals surface area contributed by atoms with Crippen molar-refractivity contribution in [2.75, 3.05) is 14.2 Å². The molecule has 11 nitrogen and oxygen atoms in total. The lowest BCUT2D eigenvalue weighted by atomic mass is 10.1. The Kier molecular flexibility index (Phi) is 7.47. The van der Waals surface area contributed by atoms with Gasteiger partial charge in [-0.3, -0.25) is 0 Å². The molecule has 1 N–H and O–H groups in total. The van der Waals surface area contributed by atoms with Crippen LogP contribution in [0.25, 0.3) is 44.7 Å². The highest BCUT2D eigenvalue weighted by Gasteiger charge is 2.35. The number of imidazole rings is 1. The van der Waals surface area contributed by atoms with Gasteiger partial charge in [-0.1, -0.05) is 36.4 Å². The SMILES string of the molecule is CNS(=O)(=O)Cc1ccc2c3cnc(-c4c(OC)ncnc4C4CC4)nc3n(Cc3ccc(-c4nc(C(F)(F)F)cn4C)cc3)c2c1. The Labute approximate surface area is 267 Å². The number of aromatic nitrogens is 7. The molecule has 1 aliphatic carbocycles. The van der Waals surface area contributed by atoms with Crippen molar-refractivity contribution in [1.82, 2.24) is 38.8 Å². The first-order valence-electron chi connectivity index (χ1n) is 14.7.